The Labute approximate surface area is 143 Å². The second-order valence-electron chi connectivity index (χ2n) is 6.99. The lowest BCUT2D eigenvalue weighted by atomic mass is 9.82. The first kappa shape index (κ1) is 17.0. The van der Waals surface area contributed by atoms with Crippen LogP contribution < -0.4 is 11.1 Å². The third kappa shape index (κ3) is 3.96. The van der Waals surface area contributed by atoms with Gasteiger partial charge in [0, 0.05) is 24.7 Å². The van der Waals surface area contributed by atoms with E-state index >= 15 is 0 Å². The van der Waals surface area contributed by atoms with Crippen molar-refractivity contribution in [1.29, 1.82) is 0 Å². The van der Waals surface area contributed by atoms with Crippen molar-refractivity contribution in [3.8, 4) is 0 Å². The van der Waals surface area contributed by atoms with E-state index in [1.54, 1.807) is 0 Å². The van der Waals surface area contributed by atoms with Crippen molar-refractivity contribution in [3.05, 3.63) is 29.8 Å². The van der Waals surface area contributed by atoms with Crippen LogP contribution in [0.2, 0.25) is 0 Å². The average Bonchev–Trinajstić information content (AvgIpc) is 2.78. The molecule has 3 N–H and O–H groups in total. The van der Waals surface area contributed by atoms with Gasteiger partial charge in [-0.2, -0.15) is 0 Å². The van der Waals surface area contributed by atoms with Gasteiger partial charge in [0.1, 0.15) is 5.78 Å². The minimum atomic E-state index is 0.0294. The number of benzene rings is 1. The molecule has 1 aliphatic carbocycles. The number of fused-ring (bicyclic) bond motifs is 1. The van der Waals surface area contributed by atoms with Crippen LogP contribution in [0.5, 0.6) is 0 Å². The van der Waals surface area contributed by atoms with Gasteiger partial charge in [0.25, 0.3) is 0 Å². The Kier molecular flexibility index (Phi) is 5.51. The smallest absolute Gasteiger partial charge is 0.322 e. The van der Waals surface area contributed by atoms with Crippen LogP contribution in [0.25, 0.3) is 0 Å². The number of carbonyl (C=O) groups excluding carboxylic acids is 2. The molecular formula is C19H27N3O2. The molecule has 1 saturated carbocycles. The number of hydrogen-bond donors (Lipinski definition) is 2. The second-order valence-corrected chi connectivity index (χ2v) is 6.99. The highest BCUT2D eigenvalue weighted by Gasteiger charge is 2.30. The fraction of sp³-hybridized carbons (Fsp3) is 0.579. The zero-order chi connectivity index (χ0) is 16.9. The molecule has 3 rings (SSSR count). The van der Waals surface area contributed by atoms with E-state index in [2.05, 4.69) is 11.4 Å². The minimum Gasteiger partial charge on any atom is -0.324 e. The summed E-state index contributed by atoms with van der Waals surface area (Å²) in [5.41, 5.74) is 7.53. The summed E-state index contributed by atoms with van der Waals surface area (Å²) in [4.78, 5) is 26.0. The molecule has 5 nitrogen and oxygen atoms in total. The van der Waals surface area contributed by atoms with Crippen molar-refractivity contribution in [3.63, 3.8) is 0 Å². The average molecular weight is 329 g/mol. The summed E-state index contributed by atoms with van der Waals surface area (Å²) in [6.45, 7) is 0.938. The summed E-state index contributed by atoms with van der Waals surface area (Å²) < 4.78 is 0. The largest absolute Gasteiger partial charge is 0.324 e. The standard InChI is InChI=1S/C19H27N3O2/c20-13-17(23)10-7-14-5-8-16(9-6-14)22-12-11-15-3-1-2-4-18(15)21-19(22)24/h1-4,14,16H,5-13,20H2,(H,21,24). The number of hydrogen-bond acceptors (Lipinski definition) is 3. The van der Waals surface area contributed by atoms with Crippen LogP contribution in [0.4, 0.5) is 10.5 Å². The fourth-order valence-corrected chi connectivity index (χ4v) is 3.95. The summed E-state index contributed by atoms with van der Waals surface area (Å²) in [7, 11) is 0. The van der Waals surface area contributed by atoms with Crippen LogP contribution in [0.15, 0.2) is 24.3 Å². The maximum atomic E-state index is 12.6. The molecule has 1 heterocycles. The molecule has 1 aromatic rings. The summed E-state index contributed by atoms with van der Waals surface area (Å²) in [5.74, 6) is 0.755. The molecule has 5 heteroatoms. The minimum absolute atomic E-state index is 0.0294. The van der Waals surface area contributed by atoms with Crippen LogP contribution in [-0.2, 0) is 11.2 Å². The van der Waals surface area contributed by atoms with E-state index in [9.17, 15) is 9.59 Å². The number of urea groups is 1. The van der Waals surface area contributed by atoms with Gasteiger partial charge in [-0.05, 0) is 56.1 Å². The molecule has 0 radical (unpaired) electrons. The molecule has 0 unspecified atom stereocenters. The number of Topliss-reactive ketones (excluding diaryl/α,β-unsaturated/α-hetero) is 1. The highest BCUT2D eigenvalue weighted by atomic mass is 16.2. The van der Waals surface area contributed by atoms with E-state index in [0.717, 1.165) is 50.8 Å². The van der Waals surface area contributed by atoms with Gasteiger partial charge in [-0.15, -0.1) is 0 Å². The third-order valence-electron chi connectivity index (χ3n) is 5.46. The van der Waals surface area contributed by atoms with E-state index < -0.39 is 0 Å². The lowest BCUT2D eigenvalue weighted by molar-refractivity contribution is -0.118. The summed E-state index contributed by atoms with van der Waals surface area (Å²) in [6.07, 6.45) is 6.71. The normalized spacial score (nSPS) is 24.0. The SMILES string of the molecule is NCC(=O)CCC1CCC(N2CCc3ccccc3NC2=O)CC1. The maximum absolute atomic E-state index is 12.6. The van der Waals surface area contributed by atoms with Crippen LogP contribution in [0.1, 0.15) is 44.1 Å². The molecule has 0 spiro atoms. The lowest BCUT2D eigenvalue weighted by Crippen LogP contribution is -2.44. The van der Waals surface area contributed by atoms with Crippen LogP contribution in [0.3, 0.4) is 0 Å². The Hall–Kier alpha value is -1.88. The Bertz CT molecular complexity index is 594. The lowest BCUT2D eigenvalue weighted by Gasteiger charge is -2.36. The Balaban J connectivity index is 1.53. The topological polar surface area (TPSA) is 75.4 Å². The van der Waals surface area contributed by atoms with Crippen molar-refractivity contribution < 1.29 is 9.59 Å². The molecule has 2 amide bonds. The van der Waals surface area contributed by atoms with Crippen LogP contribution in [-0.4, -0.2) is 35.8 Å². The van der Waals surface area contributed by atoms with Gasteiger partial charge in [-0.3, -0.25) is 4.79 Å². The molecular weight excluding hydrogens is 302 g/mol. The molecule has 1 aliphatic heterocycles. The number of para-hydroxylation sites is 1. The van der Waals surface area contributed by atoms with Gasteiger partial charge < -0.3 is 16.0 Å². The van der Waals surface area contributed by atoms with E-state index in [0.29, 0.717) is 18.4 Å². The Morgan fingerprint density at radius 2 is 1.96 bits per heavy atom. The van der Waals surface area contributed by atoms with Gasteiger partial charge in [-0.1, -0.05) is 18.2 Å². The Morgan fingerprint density at radius 1 is 1.21 bits per heavy atom. The van der Waals surface area contributed by atoms with E-state index in [1.807, 2.05) is 23.1 Å². The number of rotatable bonds is 5. The number of nitrogens with zero attached hydrogens (tertiary/aromatic N) is 1. The molecule has 0 saturated heterocycles. The number of nitrogens with one attached hydrogen (secondary N) is 1. The van der Waals surface area contributed by atoms with Crippen molar-refractivity contribution in [2.24, 2.45) is 11.7 Å². The van der Waals surface area contributed by atoms with Crippen LogP contribution >= 0.6 is 0 Å². The first-order valence-electron chi connectivity index (χ1n) is 9.04. The molecule has 24 heavy (non-hydrogen) atoms. The van der Waals surface area contributed by atoms with Crippen molar-refractivity contribution in [2.45, 2.75) is 51.0 Å². The highest BCUT2D eigenvalue weighted by Crippen LogP contribution is 2.32. The molecule has 2 aliphatic rings. The maximum Gasteiger partial charge on any atom is 0.322 e. The summed E-state index contributed by atoms with van der Waals surface area (Å²) in [6, 6.07) is 8.39. The van der Waals surface area contributed by atoms with E-state index in [1.165, 1.54) is 5.56 Å². The molecule has 1 aromatic carbocycles. The molecule has 0 bridgehead atoms. The number of carbonyl (C=O) groups is 2. The number of anilines is 1. The fourth-order valence-electron chi connectivity index (χ4n) is 3.95. The van der Waals surface area contributed by atoms with Crippen molar-refractivity contribution in [2.75, 3.05) is 18.4 Å². The molecule has 0 aromatic heterocycles. The Morgan fingerprint density at radius 3 is 2.71 bits per heavy atom. The molecule has 0 atom stereocenters. The van der Waals surface area contributed by atoms with Gasteiger partial charge in [-0.25, -0.2) is 4.79 Å². The van der Waals surface area contributed by atoms with Gasteiger partial charge >= 0.3 is 6.03 Å². The van der Waals surface area contributed by atoms with Crippen molar-refractivity contribution in [1.82, 2.24) is 4.90 Å². The number of amides is 2. The second kappa shape index (κ2) is 7.79. The first-order chi connectivity index (χ1) is 11.7. The summed E-state index contributed by atoms with van der Waals surface area (Å²) in [5, 5.41) is 3.06. The predicted molar refractivity (Wildman–Crippen MR) is 94.9 cm³/mol. The number of nitrogens with two attached hydrogens (primary N) is 1. The van der Waals surface area contributed by atoms with Gasteiger partial charge in [0.05, 0.1) is 6.54 Å². The van der Waals surface area contributed by atoms with Gasteiger partial charge in [0.2, 0.25) is 0 Å². The zero-order valence-electron chi connectivity index (χ0n) is 14.2. The monoisotopic (exact) mass is 329 g/mol. The zero-order valence-corrected chi connectivity index (χ0v) is 14.2. The predicted octanol–water partition coefficient (Wildman–Crippen LogP) is 2.94. The first-order valence-corrected chi connectivity index (χ1v) is 9.04. The van der Waals surface area contributed by atoms with E-state index in [4.69, 9.17) is 5.73 Å². The van der Waals surface area contributed by atoms with E-state index in [-0.39, 0.29) is 18.4 Å². The molecule has 1 fully saturated rings. The van der Waals surface area contributed by atoms with Crippen LogP contribution in [0, 0.1) is 5.92 Å². The van der Waals surface area contributed by atoms with Gasteiger partial charge in [0.15, 0.2) is 0 Å². The van der Waals surface area contributed by atoms with Crippen molar-refractivity contribution >= 4 is 17.5 Å². The molecule has 130 valence electrons. The third-order valence-corrected chi connectivity index (χ3v) is 5.46. The highest BCUT2D eigenvalue weighted by molar-refractivity contribution is 5.91. The number of ketones is 1. The summed E-state index contributed by atoms with van der Waals surface area (Å²) >= 11 is 0. The quantitative estimate of drug-likeness (QED) is 0.872.